The predicted octanol–water partition coefficient (Wildman–Crippen LogP) is 3.93. The van der Waals surface area contributed by atoms with E-state index >= 15 is 0 Å². The number of esters is 1. The van der Waals surface area contributed by atoms with Gasteiger partial charge in [0.1, 0.15) is 17.8 Å². The van der Waals surface area contributed by atoms with Crippen molar-refractivity contribution in [3.8, 4) is 5.75 Å². The average molecular weight is 443 g/mol. The van der Waals surface area contributed by atoms with E-state index in [-0.39, 0.29) is 16.9 Å². The number of ketones is 2. The van der Waals surface area contributed by atoms with Gasteiger partial charge in [0.2, 0.25) is 5.78 Å². The van der Waals surface area contributed by atoms with Crippen molar-refractivity contribution in [2.45, 2.75) is 20.0 Å². The van der Waals surface area contributed by atoms with Gasteiger partial charge < -0.3 is 15.2 Å². The molecule has 7 heteroatoms. The summed E-state index contributed by atoms with van der Waals surface area (Å²) in [6.07, 6.45) is -1.29. The molecule has 3 aromatic rings. The molecule has 0 bridgehead atoms. The van der Waals surface area contributed by atoms with Gasteiger partial charge in [-0.1, -0.05) is 48.5 Å². The smallest absolute Gasteiger partial charge is 0.339 e. The zero-order chi connectivity index (χ0) is 23.7. The van der Waals surface area contributed by atoms with E-state index in [1.54, 1.807) is 44.2 Å². The summed E-state index contributed by atoms with van der Waals surface area (Å²) in [5.41, 5.74) is 2.38. The summed E-state index contributed by atoms with van der Waals surface area (Å²) >= 11 is 0. The lowest BCUT2D eigenvalue weighted by Gasteiger charge is -2.21. The molecule has 1 heterocycles. The second-order valence-electron chi connectivity index (χ2n) is 7.86. The Hall–Kier alpha value is -4.26. The maximum Gasteiger partial charge on any atom is 0.339 e. The van der Waals surface area contributed by atoms with E-state index in [0.717, 1.165) is 11.1 Å². The highest BCUT2D eigenvalue weighted by molar-refractivity contribution is 6.45. The molecule has 4 rings (SSSR count). The summed E-state index contributed by atoms with van der Waals surface area (Å²) in [6.45, 7) is 3.57. The van der Waals surface area contributed by atoms with Crippen LogP contribution in [0.5, 0.6) is 5.75 Å². The second-order valence-corrected chi connectivity index (χ2v) is 7.86. The van der Waals surface area contributed by atoms with Gasteiger partial charge in [-0.3, -0.25) is 14.4 Å². The van der Waals surface area contributed by atoms with Crippen molar-refractivity contribution in [3.63, 3.8) is 0 Å². The summed E-state index contributed by atoms with van der Waals surface area (Å²) in [5, 5.41) is 12.8. The van der Waals surface area contributed by atoms with Crippen molar-refractivity contribution < 1.29 is 29.0 Å². The van der Waals surface area contributed by atoms with E-state index in [9.17, 15) is 24.3 Å². The molecule has 0 fully saturated rings. The number of nitrogens with one attached hydrogen (secondary N) is 1. The summed E-state index contributed by atoms with van der Waals surface area (Å²) in [6, 6.07) is 17.5. The van der Waals surface area contributed by atoms with Crippen LogP contribution in [0.1, 0.15) is 43.5 Å². The molecule has 2 atom stereocenters. The third-order valence-electron chi connectivity index (χ3n) is 5.70. The van der Waals surface area contributed by atoms with Gasteiger partial charge in [-0.2, -0.15) is 0 Å². The third kappa shape index (κ3) is 4.01. The molecule has 0 aliphatic carbocycles. The summed E-state index contributed by atoms with van der Waals surface area (Å²) < 4.78 is 5.40. The second kappa shape index (κ2) is 8.70. The summed E-state index contributed by atoms with van der Waals surface area (Å²) in [4.78, 5) is 52.2. The number of benzene rings is 3. The van der Waals surface area contributed by atoms with Crippen molar-refractivity contribution in [2.24, 2.45) is 5.92 Å². The van der Waals surface area contributed by atoms with Gasteiger partial charge in [0.25, 0.3) is 5.91 Å². The summed E-state index contributed by atoms with van der Waals surface area (Å²) in [7, 11) is 0. The van der Waals surface area contributed by atoms with E-state index < -0.39 is 35.5 Å². The number of cyclic esters (lactones) is 1. The van der Waals surface area contributed by atoms with Crippen LogP contribution in [0.15, 0.2) is 66.7 Å². The van der Waals surface area contributed by atoms with Crippen LogP contribution in [-0.2, 0) is 14.3 Å². The molecule has 0 aromatic heterocycles. The number of para-hydroxylation sites is 2. The van der Waals surface area contributed by atoms with Crippen molar-refractivity contribution in [3.05, 3.63) is 94.5 Å². The van der Waals surface area contributed by atoms with Gasteiger partial charge in [0.05, 0.1) is 11.1 Å². The van der Waals surface area contributed by atoms with Gasteiger partial charge in [-0.25, -0.2) is 4.79 Å². The zero-order valence-corrected chi connectivity index (χ0v) is 18.0. The molecule has 7 nitrogen and oxygen atoms in total. The first-order valence-corrected chi connectivity index (χ1v) is 10.3. The molecule has 1 aliphatic heterocycles. The lowest BCUT2D eigenvalue weighted by molar-refractivity contribution is -0.138. The number of phenols is 1. The summed E-state index contributed by atoms with van der Waals surface area (Å²) in [5.74, 6) is -5.59. The van der Waals surface area contributed by atoms with Crippen LogP contribution in [0.25, 0.3) is 0 Å². The molecule has 2 N–H and O–H groups in total. The zero-order valence-electron chi connectivity index (χ0n) is 18.0. The van der Waals surface area contributed by atoms with Crippen LogP contribution in [0.3, 0.4) is 0 Å². The predicted molar refractivity (Wildman–Crippen MR) is 120 cm³/mol. The fourth-order valence-electron chi connectivity index (χ4n) is 3.99. The van der Waals surface area contributed by atoms with Crippen molar-refractivity contribution in [1.82, 2.24) is 0 Å². The highest BCUT2D eigenvalue weighted by Gasteiger charge is 2.46. The molecular formula is C26H21NO6. The Morgan fingerprint density at radius 3 is 2.24 bits per heavy atom. The number of ether oxygens (including phenoxy) is 1. The number of carbonyl (C=O) groups is 4. The lowest BCUT2D eigenvalue weighted by Crippen LogP contribution is -2.38. The molecule has 33 heavy (non-hydrogen) atoms. The molecule has 166 valence electrons. The first-order valence-electron chi connectivity index (χ1n) is 10.3. The number of fused-ring (bicyclic) bond motifs is 1. The van der Waals surface area contributed by atoms with Gasteiger partial charge in [-0.15, -0.1) is 0 Å². The molecule has 3 aromatic carbocycles. The van der Waals surface area contributed by atoms with Gasteiger partial charge >= 0.3 is 5.97 Å². The number of amides is 1. The monoisotopic (exact) mass is 443 g/mol. The van der Waals surface area contributed by atoms with E-state index in [1.165, 1.54) is 30.3 Å². The van der Waals surface area contributed by atoms with Crippen molar-refractivity contribution >= 4 is 29.1 Å². The number of rotatable bonds is 6. The van der Waals surface area contributed by atoms with Gasteiger partial charge in [-0.05, 0) is 43.2 Å². The van der Waals surface area contributed by atoms with E-state index in [0.29, 0.717) is 11.3 Å². The van der Waals surface area contributed by atoms with Crippen LogP contribution in [0, 0.1) is 19.8 Å². The molecule has 0 spiro atoms. The topological polar surface area (TPSA) is 110 Å². The Morgan fingerprint density at radius 2 is 1.55 bits per heavy atom. The minimum atomic E-state index is -1.67. The number of phenolic OH excluding ortho intramolecular Hbond substituents is 1. The Balaban J connectivity index is 1.75. The number of aromatic hydroxyl groups is 1. The third-order valence-corrected chi connectivity index (χ3v) is 5.70. The minimum Gasteiger partial charge on any atom is -0.507 e. The average Bonchev–Trinajstić information content (AvgIpc) is 3.13. The van der Waals surface area contributed by atoms with E-state index in [4.69, 9.17) is 4.74 Å². The Morgan fingerprint density at radius 1 is 0.909 bits per heavy atom. The number of hydrogen-bond acceptors (Lipinski definition) is 6. The minimum absolute atomic E-state index is 0.142. The number of aryl methyl sites for hydroxylation is 2. The molecule has 0 radical (unpaired) electrons. The SMILES string of the molecule is Cc1cccc(C)c1NC(=O)C(=O)[C@@H](C(=O)c1ccccc1O)[C@H]1OC(=O)c2ccccc21. The molecule has 0 saturated carbocycles. The molecule has 1 aliphatic rings. The van der Waals surface area contributed by atoms with Crippen LogP contribution >= 0.6 is 0 Å². The van der Waals surface area contributed by atoms with Crippen LogP contribution < -0.4 is 5.32 Å². The largest absolute Gasteiger partial charge is 0.507 e. The molecule has 0 saturated heterocycles. The standard InChI is InChI=1S/C26H21NO6/c1-14-8-7-9-15(2)21(14)27-25(31)23(30)20(22(29)18-12-5-6-13-19(18)28)24-16-10-3-4-11-17(16)26(32)33-24/h3-13,20,24,28H,1-2H3,(H,27,31)/t20-,24+/m1/s1. The van der Waals surface area contributed by atoms with Gasteiger partial charge in [0.15, 0.2) is 5.78 Å². The highest BCUT2D eigenvalue weighted by Crippen LogP contribution is 2.39. The fourth-order valence-corrected chi connectivity index (χ4v) is 3.99. The first kappa shape index (κ1) is 22.0. The Bertz CT molecular complexity index is 1280. The van der Waals surface area contributed by atoms with Crippen LogP contribution in [-0.4, -0.2) is 28.5 Å². The molecule has 1 amide bonds. The maximum atomic E-state index is 13.4. The fraction of sp³-hybridized carbons (Fsp3) is 0.154. The van der Waals surface area contributed by atoms with E-state index in [2.05, 4.69) is 5.32 Å². The maximum absolute atomic E-state index is 13.4. The number of anilines is 1. The van der Waals surface area contributed by atoms with Crippen LogP contribution in [0.4, 0.5) is 5.69 Å². The molecule has 0 unspecified atom stereocenters. The first-order chi connectivity index (χ1) is 15.8. The lowest BCUT2D eigenvalue weighted by atomic mass is 9.84. The number of carbonyl (C=O) groups excluding carboxylic acids is 4. The highest BCUT2D eigenvalue weighted by atomic mass is 16.5. The normalized spacial score (nSPS) is 15.3. The van der Waals surface area contributed by atoms with Crippen molar-refractivity contribution in [1.29, 1.82) is 0 Å². The Labute approximate surface area is 190 Å². The van der Waals surface area contributed by atoms with Gasteiger partial charge in [0, 0.05) is 11.3 Å². The van der Waals surface area contributed by atoms with Crippen molar-refractivity contribution in [2.75, 3.05) is 5.32 Å². The Kier molecular flexibility index (Phi) is 5.79. The van der Waals surface area contributed by atoms with E-state index in [1.807, 2.05) is 6.07 Å². The van der Waals surface area contributed by atoms with Crippen LogP contribution in [0.2, 0.25) is 0 Å². The molecular weight excluding hydrogens is 422 g/mol. The number of hydrogen-bond donors (Lipinski definition) is 2. The quantitative estimate of drug-likeness (QED) is 0.259. The number of Topliss-reactive ketones (excluding diaryl/α,β-unsaturated/α-hetero) is 2.